The molecule has 0 saturated carbocycles. The Bertz CT molecular complexity index is 915. The van der Waals surface area contributed by atoms with E-state index in [1.807, 2.05) is 35.2 Å². The first kappa shape index (κ1) is 14.8. The molecule has 4 rings (SSSR count). The fraction of sp³-hybridized carbons (Fsp3) is 0.333. The molecule has 1 aliphatic heterocycles. The van der Waals surface area contributed by atoms with Crippen LogP contribution in [0.25, 0.3) is 10.9 Å². The number of aromatic nitrogens is 4. The van der Waals surface area contributed by atoms with Crippen LogP contribution in [0, 0.1) is 0 Å². The van der Waals surface area contributed by atoms with Crippen molar-refractivity contribution in [3.05, 3.63) is 53.7 Å². The Labute approximate surface area is 140 Å². The molecule has 3 heterocycles. The Morgan fingerprint density at radius 1 is 1.17 bits per heavy atom. The van der Waals surface area contributed by atoms with Crippen molar-refractivity contribution in [1.82, 2.24) is 24.6 Å². The van der Waals surface area contributed by atoms with Gasteiger partial charge in [-0.15, -0.1) is 10.2 Å². The third kappa shape index (κ3) is 2.44. The number of pyridine rings is 1. The smallest absolute Gasteiger partial charge is 0.254 e. The topological polar surface area (TPSA) is 63.9 Å². The minimum absolute atomic E-state index is 0.0288. The zero-order chi connectivity index (χ0) is 16.7. The molecule has 0 unspecified atom stereocenters. The standard InChI is InChI=1S/C18H19N5O/c1-12(2)17-21-20-16-11-22(8-9-23(16)17)18(24)14-5-6-15-13(10-14)4-3-7-19-15/h3-7,10,12H,8-9,11H2,1-2H3. The fourth-order valence-corrected chi connectivity index (χ4v) is 3.17. The second-order valence-corrected chi connectivity index (χ2v) is 6.42. The number of hydrogen-bond donors (Lipinski definition) is 0. The molecule has 0 bridgehead atoms. The molecular weight excluding hydrogens is 302 g/mol. The summed E-state index contributed by atoms with van der Waals surface area (Å²) in [5, 5.41) is 9.51. The molecule has 0 fully saturated rings. The molecule has 24 heavy (non-hydrogen) atoms. The minimum atomic E-state index is 0.0288. The zero-order valence-electron chi connectivity index (χ0n) is 13.8. The van der Waals surface area contributed by atoms with E-state index in [0.717, 1.165) is 29.1 Å². The van der Waals surface area contributed by atoms with E-state index in [9.17, 15) is 4.79 Å². The Balaban J connectivity index is 1.60. The first-order chi connectivity index (χ1) is 11.6. The van der Waals surface area contributed by atoms with Gasteiger partial charge in [0.05, 0.1) is 12.1 Å². The van der Waals surface area contributed by atoms with Gasteiger partial charge in [-0.2, -0.15) is 0 Å². The second kappa shape index (κ2) is 5.70. The van der Waals surface area contributed by atoms with E-state index in [2.05, 4.69) is 33.6 Å². The van der Waals surface area contributed by atoms with E-state index in [4.69, 9.17) is 0 Å². The summed E-state index contributed by atoms with van der Waals surface area (Å²) in [5.41, 5.74) is 1.58. The predicted molar refractivity (Wildman–Crippen MR) is 90.6 cm³/mol. The van der Waals surface area contributed by atoms with Crippen LogP contribution in [0.15, 0.2) is 36.5 Å². The summed E-state index contributed by atoms with van der Waals surface area (Å²) >= 11 is 0. The van der Waals surface area contributed by atoms with Crippen molar-refractivity contribution in [3.8, 4) is 0 Å². The third-order valence-corrected chi connectivity index (χ3v) is 4.44. The summed E-state index contributed by atoms with van der Waals surface area (Å²) in [4.78, 5) is 19.0. The quantitative estimate of drug-likeness (QED) is 0.728. The average Bonchev–Trinajstić information content (AvgIpc) is 3.04. The van der Waals surface area contributed by atoms with Crippen molar-refractivity contribution in [2.45, 2.75) is 32.9 Å². The van der Waals surface area contributed by atoms with Crippen molar-refractivity contribution in [2.75, 3.05) is 6.54 Å². The molecule has 0 aliphatic carbocycles. The Kier molecular flexibility index (Phi) is 3.52. The summed E-state index contributed by atoms with van der Waals surface area (Å²) in [6.07, 6.45) is 1.76. The molecular formula is C18H19N5O. The van der Waals surface area contributed by atoms with E-state index in [0.29, 0.717) is 24.6 Å². The molecule has 2 aromatic heterocycles. The molecule has 0 N–H and O–H groups in total. The van der Waals surface area contributed by atoms with Crippen LogP contribution in [0.2, 0.25) is 0 Å². The van der Waals surface area contributed by atoms with Gasteiger partial charge >= 0.3 is 0 Å². The van der Waals surface area contributed by atoms with Gasteiger partial charge in [0.2, 0.25) is 0 Å². The lowest BCUT2D eigenvalue weighted by atomic mass is 10.1. The maximum absolute atomic E-state index is 12.8. The van der Waals surface area contributed by atoms with Gasteiger partial charge < -0.3 is 9.47 Å². The molecule has 6 heteroatoms. The van der Waals surface area contributed by atoms with Crippen molar-refractivity contribution in [2.24, 2.45) is 0 Å². The lowest BCUT2D eigenvalue weighted by molar-refractivity contribution is 0.0706. The number of hydrogen-bond acceptors (Lipinski definition) is 4. The van der Waals surface area contributed by atoms with Gasteiger partial charge in [-0.05, 0) is 24.3 Å². The molecule has 0 spiro atoms. The van der Waals surface area contributed by atoms with E-state index in [-0.39, 0.29) is 5.91 Å². The van der Waals surface area contributed by atoms with E-state index in [1.54, 1.807) is 6.20 Å². The van der Waals surface area contributed by atoms with Crippen LogP contribution in [-0.2, 0) is 13.1 Å². The summed E-state index contributed by atoms with van der Waals surface area (Å²) in [6.45, 7) is 6.14. The highest BCUT2D eigenvalue weighted by atomic mass is 16.2. The summed E-state index contributed by atoms with van der Waals surface area (Å²) < 4.78 is 2.14. The van der Waals surface area contributed by atoms with Crippen LogP contribution in [0.3, 0.4) is 0 Å². The monoisotopic (exact) mass is 321 g/mol. The highest BCUT2D eigenvalue weighted by Crippen LogP contribution is 2.21. The molecule has 3 aromatic rings. The molecule has 1 aliphatic rings. The second-order valence-electron chi connectivity index (χ2n) is 6.42. The number of benzene rings is 1. The first-order valence-corrected chi connectivity index (χ1v) is 8.19. The largest absolute Gasteiger partial charge is 0.329 e. The highest BCUT2D eigenvalue weighted by Gasteiger charge is 2.26. The zero-order valence-corrected chi connectivity index (χ0v) is 13.8. The van der Waals surface area contributed by atoms with Crippen LogP contribution < -0.4 is 0 Å². The molecule has 0 atom stereocenters. The number of rotatable bonds is 2. The lowest BCUT2D eigenvalue weighted by Gasteiger charge is -2.28. The van der Waals surface area contributed by atoms with Gasteiger partial charge in [-0.1, -0.05) is 19.9 Å². The van der Waals surface area contributed by atoms with Crippen LogP contribution >= 0.6 is 0 Å². The average molecular weight is 321 g/mol. The van der Waals surface area contributed by atoms with Crippen molar-refractivity contribution < 1.29 is 4.79 Å². The molecule has 6 nitrogen and oxygen atoms in total. The Morgan fingerprint density at radius 3 is 2.88 bits per heavy atom. The van der Waals surface area contributed by atoms with Crippen LogP contribution in [0.1, 0.15) is 41.8 Å². The highest BCUT2D eigenvalue weighted by molar-refractivity contribution is 5.97. The number of carbonyl (C=O) groups excluding carboxylic acids is 1. The van der Waals surface area contributed by atoms with Gasteiger partial charge in [0.1, 0.15) is 5.82 Å². The van der Waals surface area contributed by atoms with Crippen molar-refractivity contribution in [3.63, 3.8) is 0 Å². The van der Waals surface area contributed by atoms with Crippen molar-refractivity contribution >= 4 is 16.8 Å². The lowest BCUT2D eigenvalue weighted by Crippen LogP contribution is -2.38. The number of fused-ring (bicyclic) bond motifs is 2. The number of amides is 1. The summed E-state index contributed by atoms with van der Waals surface area (Å²) in [6, 6.07) is 9.50. The van der Waals surface area contributed by atoms with Crippen LogP contribution in [-0.4, -0.2) is 37.1 Å². The summed E-state index contributed by atoms with van der Waals surface area (Å²) in [7, 11) is 0. The SMILES string of the molecule is CC(C)c1nnc2n1CCN(C(=O)c1ccc3ncccc3c1)C2. The fourth-order valence-electron chi connectivity index (χ4n) is 3.17. The number of carbonyl (C=O) groups is 1. The van der Waals surface area contributed by atoms with Gasteiger partial charge in [-0.3, -0.25) is 9.78 Å². The third-order valence-electron chi connectivity index (χ3n) is 4.44. The first-order valence-electron chi connectivity index (χ1n) is 8.19. The van der Waals surface area contributed by atoms with Gasteiger partial charge in [0.15, 0.2) is 5.82 Å². The molecule has 1 amide bonds. The van der Waals surface area contributed by atoms with Crippen LogP contribution in [0.5, 0.6) is 0 Å². The summed E-state index contributed by atoms with van der Waals surface area (Å²) in [5.74, 6) is 2.22. The molecule has 0 saturated heterocycles. The Hall–Kier alpha value is -2.76. The maximum atomic E-state index is 12.8. The maximum Gasteiger partial charge on any atom is 0.254 e. The van der Waals surface area contributed by atoms with Crippen LogP contribution in [0.4, 0.5) is 0 Å². The number of nitrogens with zero attached hydrogens (tertiary/aromatic N) is 5. The van der Waals surface area contributed by atoms with Gasteiger partial charge in [0.25, 0.3) is 5.91 Å². The van der Waals surface area contributed by atoms with E-state index in [1.165, 1.54) is 0 Å². The van der Waals surface area contributed by atoms with Crippen molar-refractivity contribution in [1.29, 1.82) is 0 Å². The molecule has 1 aromatic carbocycles. The molecule has 122 valence electrons. The van der Waals surface area contributed by atoms with Gasteiger partial charge in [0, 0.05) is 36.2 Å². The normalized spacial score (nSPS) is 14.2. The van der Waals surface area contributed by atoms with Gasteiger partial charge in [-0.25, -0.2) is 0 Å². The Morgan fingerprint density at radius 2 is 2.04 bits per heavy atom. The molecule has 0 radical (unpaired) electrons. The van der Waals surface area contributed by atoms with E-state index < -0.39 is 0 Å². The van der Waals surface area contributed by atoms with E-state index >= 15 is 0 Å². The minimum Gasteiger partial charge on any atom is -0.329 e. The predicted octanol–water partition coefficient (Wildman–Crippen LogP) is 2.61.